The van der Waals surface area contributed by atoms with E-state index in [-0.39, 0.29) is 0 Å². The van der Waals surface area contributed by atoms with Crippen LogP contribution in [-0.2, 0) is 0 Å². The fourth-order valence-corrected chi connectivity index (χ4v) is 1.45. The van der Waals surface area contributed by atoms with Crippen LogP contribution < -0.4 is 10.6 Å². The van der Waals surface area contributed by atoms with Crippen molar-refractivity contribution in [1.82, 2.24) is 10.6 Å². The molecule has 0 aliphatic carbocycles. The molecule has 2 N–H and O–H groups in total. The monoisotopic (exact) mass is 158 g/mol. The first-order valence-corrected chi connectivity index (χ1v) is 4.58. The largest absolute Gasteiger partial charge is 0.323 e. The highest BCUT2D eigenvalue weighted by Crippen LogP contribution is 2.15. The lowest BCUT2D eigenvalue weighted by Crippen LogP contribution is -2.24. The number of hydrogen-bond donors (Lipinski definition) is 2. The van der Waals surface area contributed by atoms with Gasteiger partial charge in [-0.2, -0.15) is 0 Å². The zero-order chi connectivity index (χ0) is 8.69. The summed E-state index contributed by atoms with van der Waals surface area (Å²) in [6.45, 7) is 5.81. The van der Waals surface area contributed by atoms with Crippen LogP contribution in [0.4, 0.5) is 0 Å². The second-order valence-corrected chi connectivity index (χ2v) is 3.23. The Kier molecular flexibility index (Phi) is 6.57. The molecular weight excluding hydrogens is 136 g/mol. The molecule has 0 saturated carbocycles. The van der Waals surface area contributed by atoms with E-state index in [0.29, 0.717) is 0 Å². The Labute approximate surface area is 70.8 Å². The lowest BCUT2D eigenvalue weighted by molar-refractivity contribution is 0.470. The van der Waals surface area contributed by atoms with Gasteiger partial charge < -0.3 is 10.6 Å². The Hall–Kier alpha value is -0.0800. The first-order valence-electron chi connectivity index (χ1n) is 4.58. The molecule has 11 heavy (non-hydrogen) atoms. The van der Waals surface area contributed by atoms with Gasteiger partial charge in [0.05, 0.1) is 0 Å². The maximum absolute atomic E-state index is 3.46. The summed E-state index contributed by atoms with van der Waals surface area (Å²) in [5.41, 5.74) is 0. The van der Waals surface area contributed by atoms with Crippen molar-refractivity contribution < 1.29 is 0 Å². The van der Waals surface area contributed by atoms with Crippen molar-refractivity contribution in [3.05, 3.63) is 0 Å². The Morgan fingerprint density at radius 2 is 2.00 bits per heavy atom. The maximum atomic E-state index is 3.46. The molecule has 2 heteroatoms. The van der Waals surface area contributed by atoms with Gasteiger partial charge in [0, 0.05) is 6.04 Å². The number of hydrogen-bond acceptors (Lipinski definition) is 2. The highest BCUT2D eigenvalue weighted by Gasteiger charge is 2.19. The van der Waals surface area contributed by atoms with Crippen LogP contribution in [0.5, 0.6) is 0 Å². The highest BCUT2D eigenvalue weighted by molar-refractivity contribution is 4.78. The van der Waals surface area contributed by atoms with E-state index in [0.717, 1.165) is 12.0 Å². The SMILES string of the molecule is CCC1NCCC1C.CNC. The van der Waals surface area contributed by atoms with Crippen LogP contribution in [0.25, 0.3) is 0 Å². The third-order valence-electron chi connectivity index (χ3n) is 2.13. The van der Waals surface area contributed by atoms with Gasteiger partial charge in [-0.25, -0.2) is 0 Å². The molecule has 0 radical (unpaired) electrons. The van der Waals surface area contributed by atoms with Gasteiger partial charge in [0.25, 0.3) is 0 Å². The zero-order valence-corrected chi connectivity index (χ0v) is 8.28. The van der Waals surface area contributed by atoms with Crippen LogP contribution in [0.3, 0.4) is 0 Å². The van der Waals surface area contributed by atoms with Crippen LogP contribution >= 0.6 is 0 Å². The molecule has 1 aliphatic heterocycles. The molecule has 68 valence electrons. The minimum absolute atomic E-state index is 0.815. The smallest absolute Gasteiger partial charge is 0.00905 e. The van der Waals surface area contributed by atoms with Gasteiger partial charge >= 0.3 is 0 Å². The second-order valence-electron chi connectivity index (χ2n) is 3.23. The predicted molar refractivity (Wildman–Crippen MR) is 50.8 cm³/mol. The molecule has 0 aromatic heterocycles. The molecule has 0 aromatic rings. The van der Waals surface area contributed by atoms with Crippen LogP contribution in [0, 0.1) is 5.92 Å². The molecule has 0 aromatic carbocycles. The molecule has 1 rings (SSSR count). The van der Waals surface area contributed by atoms with E-state index in [9.17, 15) is 0 Å². The summed E-state index contributed by atoms with van der Waals surface area (Å²) >= 11 is 0. The molecule has 0 amide bonds. The van der Waals surface area contributed by atoms with E-state index >= 15 is 0 Å². The summed E-state index contributed by atoms with van der Waals surface area (Å²) in [7, 11) is 3.75. The molecular formula is C9H22N2. The summed E-state index contributed by atoms with van der Waals surface area (Å²) in [5.74, 6) is 0.917. The average Bonchev–Trinajstić information content (AvgIpc) is 2.36. The van der Waals surface area contributed by atoms with E-state index in [1.807, 2.05) is 14.1 Å². The highest BCUT2D eigenvalue weighted by atomic mass is 14.9. The van der Waals surface area contributed by atoms with E-state index in [1.54, 1.807) is 0 Å². The Bertz CT molecular complexity index is 83.6. The van der Waals surface area contributed by atoms with Crippen molar-refractivity contribution in [2.24, 2.45) is 5.92 Å². The zero-order valence-electron chi connectivity index (χ0n) is 8.28. The normalized spacial score (nSPS) is 29.5. The van der Waals surface area contributed by atoms with Gasteiger partial charge in [-0.05, 0) is 39.4 Å². The first-order chi connectivity index (χ1) is 5.26. The van der Waals surface area contributed by atoms with Crippen LogP contribution in [-0.4, -0.2) is 26.7 Å². The van der Waals surface area contributed by atoms with Crippen molar-refractivity contribution >= 4 is 0 Å². The molecule has 0 bridgehead atoms. The van der Waals surface area contributed by atoms with Crippen molar-refractivity contribution in [3.63, 3.8) is 0 Å². The third-order valence-corrected chi connectivity index (χ3v) is 2.13. The van der Waals surface area contributed by atoms with Crippen LogP contribution in [0.2, 0.25) is 0 Å². The Morgan fingerprint density at radius 1 is 1.45 bits per heavy atom. The summed E-state index contributed by atoms with van der Waals surface area (Å²) in [6, 6.07) is 0.815. The molecule has 1 fully saturated rings. The Morgan fingerprint density at radius 3 is 2.18 bits per heavy atom. The molecule has 1 aliphatic rings. The molecule has 0 spiro atoms. The molecule has 1 heterocycles. The number of rotatable bonds is 1. The minimum Gasteiger partial charge on any atom is -0.323 e. The molecule has 2 atom stereocenters. The van der Waals surface area contributed by atoms with Gasteiger partial charge in [-0.3, -0.25) is 0 Å². The third kappa shape index (κ3) is 4.38. The fourth-order valence-electron chi connectivity index (χ4n) is 1.45. The van der Waals surface area contributed by atoms with Gasteiger partial charge in [-0.15, -0.1) is 0 Å². The van der Waals surface area contributed by atoms with Crippen LogP contribution in [0.1, 0.15) is 26.7 Å². The minimum atomic E-state index is 0.815. The van der Waals surface area contributed by atoms with E-state index in [1.165, 1.54) is 19.4 Å². The lowest BCUT2D eigenvalue weighted by atomic mass is 10.0. The molecule has 2 nitrogen and oxygen atoms in total. The quantitative estimate of drug-likeness (QED) is 0.600. The first kappa shape index (κ1) is 10.9. The van der Waals surface area contributed by atoms with Crippen molar-refractivity contribution in [2.45, 2.75) is 32.7 Å². The van der Waals surface area contributed by atoms with Gasteiger partial charge in [0.2, 0.25) is 0 Å². The summed E-state index contributed by atoms with van der Waals surface area (Å²) in [6.07, 6.45) is 2.67. The van der Waals surface area contributed by atoms with Gasteiger partial charge in [0.1, 0.15) is 0 Å². The van der Waals surface area contributed by atoms with E-state index in [2.05, 4.69) is 24.5 Å². The second kappa shape index (κ2) is 6.62. The average molecular weight is 158 g/mol. The summed E-state index contributed by atoms with van der Waals surface area (Å²) in [5, 5.41) is 6.21. The summed E-state index contributed by atoms with van der Waals surface area (Å²) in [4.78, 5) is 0. The topological polar surface area (TPSA) is 24.1 Å². The summed E-state index contributed by atoms with van der Waals surface area (Å²) < 4.78 is 0. The maximum Gasteiger partial charge on any atom is 0.00905 e. The predicted octanol–water partition coefficient (Wildman–Crippen LogP) is 1.23. The Balaban J connectivity index is 0.000000292. The van der Waals surface area contributed by atoms with Gasteiger partial charge in [0.15, 0.2) is 0 Å². The molecule has 2 unspecified atom stereocenters. The van der Waals surface area contributed by atoms with E-state index in [4.69, 9.17) is 0 Å². The van der Waals surface area contributed by atoms with Crippen molar-refractivity contribution in [2.75, 3.05) is 20.6 Å². The standard InChI is InChI=1S/C7H15N.C2H7N/c1-3-7-6(2)4-5-8-7;1-3-2/h6-8H,3-5H2,1-2H3;3H,1-2H3. The van der Waals surface area contributed by atoms with Crippen LogP contribution in [0.15, 0.2) is 0 Å². The van der Waals surface area contributed by atoms with Crippen molar-refractivity contribution in [3.8, 4) is 0 Å². The van der Waals surface area contributed by atoms with Crippen molar-refractivity contribution in [1.29, 1.82) is 0 Å². The van der Waals surface area contributed by atoms with E-state index < -0.39 is 0 Å². The number of nitrogens with one attached hydrogen (secondary N) is 2. The lowest BCUT2D eigenvalue weighted by Gasteiger charge is -2.10. The van der Waals surface area contributed by atoms with Gasteiger partial charge in [-0.1, -0.05) is 13.8 Å². The fraction of sp³-hybridized carbons (Fsp3) is 1.00. The molecule has 1 saturated heterocycles.